The summed E-state index contributed by atoms with van der Waals surface area (Å²) in [6, 6.07) is 15.9. The van der Waals surface area contributed by atoms with Crippen LogP contribution < -0.4 is 24.3 Å². The monoisotopic (exact) mass is 522 g/mol. The fourth-order valence-corrected chi connectivity index (χ4v) is 5.08. The average Bonchev–Trinajstić information content (AvgIpc) is 2.93. The van der Waals surface area contributed by atoms with E-state index in [1.165, 1.54) is 21.3 Å². The van der Waals surface area contributed by atoms with Crippen LogP contribution in [-0.4, -0.2) is 58.5 Å². The molecule has 8 nitrogen and oxygen atoms in total. The highest BCUT2D eigenvalue weighted by Crippen LogP contribution is 2.46. The van der Waals surface area contributed by atoms with E-state index in [0.29, 0.717) is 39.8 Å². The maximum Gasteiger partial charge on any atom is 0.254 e. The Morgan fingerprint density at radius 3 is 2.11 bits per heavy atom. The summed E-state index contributed by atoms with van der Waals surface area (Å²) >= 11 is 1.62. The molecule has 0 radical (unpaired) electrons. The molecule has 1 heterocycles. The smallest absolute Gasteiger partial charge is 0.254 e. The van der Waals surface area contributed by atoms with Crippen molar-refractivity contribution in [3.05, 3.63) is 71.3 Å². The number of rotatable bonds is 8. The lowest BCUT2D eigenvalue weighted by molar-refractivity contribution is -0.119. The largest absolute Gasteiger partial charge is 0.497 e. The minimum atomic E-state index is -0.756. The first-order valence-corrected chi connectivity index (χ1v) is 12.8. The van der Waals surface area contributed by atoms with Gasteiger partial charge in [0, 0.05) is 23.6 Å². The van der Waals surface area contributed by atoms with Crippen LogP contribution in [0.3, 0.4) is 0 Å². The van der Waals surface area contributed by atoms with Gasteiger partial charge in [-0.3, -0.25) is 9.59 Å². The Labute approximate surface area is 220 Å². The van der Waals surface area contributed by atoms with Gasteiger partial charge in [-0.15, -0.1) is 11.8 Å². The highest BCUT2D eigenvalue weighted by Gasteiger charge is 2.43. The van der Waals surface area contributed by atoms with E-state index in [1.54, 1.807) is 61.2 Å². The molecule has 0 bridgehead atoms. The predicted molar refractivity (Wildman–Crippen MR) is 144 cm³/mol. The van der Waals surface area contributed by atoms with Gasteiger partial charge in [0.25, 0.3) is 5.91 Å². The number of amides is 2. The van der Waals surface area contributed by atoms with Crippen molar-refractivity contribution in [2.75, 3.05) is 47.1 Å². The summed E-state index contributed by atoms with van der Waals surface area (Å²) < 4.78 is 21.8. The third-order valence-corrected chi connectivity index (χ3v) is 7.32. The Morgan fingerprint density at radius 1 is 0.865 bits per heavy atom. The molecular formula is C28H30N2O6S. The molecule has 0 fully saturated rings. The van der Waals surface area contributed by atoms with Crippen molar-refractivity contribution in [2.24, 2.45) is 0 Å². The molecule has 37 heavy (non-hydrogen) atoms. The van der Waals surface area contributed by atoms with Crippen LogP contribution >= 0.6 is 11.8 Å². The quantitative estimate of drug-likeness (QED) is 0.417. The number of hydrogen-bond acceptors (Lipinski definition) is 7. The van der Waals surface area contributed by atoms with Gasteiger partial charge in [-0.25, -0.2) is 0 Å². The number of fused-ring (bicyclic) bond motifs is 1. The van der Waals surface area contributed by atoms with Crippen molar-refractivity contribution in [1.82, 2.24) is 4.90 Å². The molecule has 0 spiro atoms. The summed E-state index contributed by atoms with van der Waals surface area (Å²) in [6.07, 6.45) is 2.00. The molecule has 194 valence electrons. The molecule has 0 unspecified atom stereocenters. The zero-order valence-corrected chi connectivity index (χ0v) is 22.5. The van der Waals surface area contributed by atoms with E-state index in [4.69, 9.17) is 18.9 Å². The Bertz CT molecular complexity index is 1310. The van der Waals surface area contributed by atoms with Crippen LogP contribution in [0.1, 0.15) is 33.4 Å². The van der Waals surface area contributed by atoms with Gasteiger partial charge in [0.05, 0.1) is 46.1 Å². The minimum absolute atomic E-state index is 0.210. The van der Waals surface area contributed by atoms with E-state index >= 15 is 0 Å². The molecule has 2 amide bonds. The van der Waals surface area contributed by atoms with Crippen LogP contribution in [0.15, 0.2) is 59.5 Å². The van der Waals surface area contributed by atoms with Crippen molar-refractivity contribution >= 4 is 29.3 Å². The predicted octanol–water partition coefficient (Wildman–Crippen LogP) is 4.99. The molecule has 0 saturated carbocycles. The van der Waals surface area contributed by atoms with E-state index in [1.807, 2.05) is 30.5 Å². The van der Waals surface area contributed by atoms with Gasteiger partial charge in [0.15, 0.2) is 11.5 Å². The molecule has 1 aliphatic rings. The topological polar surface area (TPSA) is 86.3 Å². The third kappa shape index (κ3) is 4.91. The summed E-state index contributed by atoms with van der Waals surface area (Å²) in [5, 5.41) is 3.01. The number of nitrogens with one attached hydrogen (secondary N) is 1. The average molecular weight is 523 g/mol. The molecule has 0 aromatic heterocycles. The van der Waals surface area contributed by atoms with Crippen LogP contribution in [-0.2, 0) is 4.79 Å². The van der Waals surface area contributed by atoms with Crippen LogP contribution in [0.4, 0.5) is 5.69 Å². The summed E-state index contributed by atoms with van der Waals surface area (Å²) in [4.78, 5) is 30.3. The Hall–Kier alpha value is -3.85. The number of carbonyl (C=O) groups excluding carboxylic acids is 2. The highest BCUT2D eigenvalue weighted by atomic mass is 32.2. The number of nitrogens with zero attached hydrogens (tertiary/aromatic N) is 1. The van der Waals surface area contributed by atoms with Gasteiger partial charge in [-0.1, -0.05) is 12.1 Å². The van der Waals surface area contributed by atoms with Gasteiger partial charge in [0.2, 0.25) is 5.91 Å². The molecule has 4 rings (SSSR count). The van der Waals surface area contributed by atoms with E-state index in [-0.39, 0.29) is 11.8 Å². The lowest BCUT2D eigenvalue weighted by Gasteiger charge is -2.40. The van der Waals surface area contributed by atoms with Gasteiger partial charge in [0.1, 0.15) is 11.5 Å². The van der Waals surface area contributed by atoms with E-state index in [9.17, 15) is 9.59 Å². The van der Waals surface area contributed by atoms with Crippen molar-refractivity contribution in [1.29, 1.82) is 0 Å². The normalized spacial score (nSPS) is 16.6. The van der Waals surface area contributed by atoms with Crippen molar-refractivity contribution in [3.63, 3.8) is 0 Å². The summed E-state index contributed by atoms with van der Waals surface area (Å²) in [6.45, 7) is 0. The van der Waals surface area contributed by atoms with Gasteiger partial charge < -0.3 is 29.2 Å². The second-order valence-corrected chi connectivity index (χ2v) is 9.34. The molecule has 3 aromatic rings. The number of ether oxygens (including phenoxy) is 4. The fraction of sp³-hybridized carbons (Fsp3) is 0.286. The fourth-order valence-electron chi connectivity index (χ4n) is 4.67. The Kier molecular flexibility index (Phi) is 7.83. The molecule has 2 atom stereocenters. The standard InChI is InChI=1S/C28H30N2O6S/c1-30-26(16-7-10-18(37-6)11-8-16)25(19-14-23(35-4)24(36-5)15-20(19)28(30)32)27(31)29-21-13-17(33-2)9-12-22(21)34-3/h7-15,25-26H,1-6H3,(H,29,31)/t25-,26+/m0/s1. The molecule has 1 N–H and O–H groups in total. The minimum Gasteiger partial charge on any atom is -0.497 e. The molecule has 0 aliphatic carbocycles. The second kappa shape index (κ2) is 11.0. The maximum atomic E-state index is 14.1. The number of benzene rings is 3. The number of anilines is 1. The molecule has 9 heteroatoms. The molecule has 0 saturated heterocycles. The Balaban J connectivity index is 1.88. The highest BCUT2D eigenvalue weighted by molar-refractivity contribution is 7.98. The molecular weight excluding hydrogens is 492 g/mol. The van der Waals surface area contributed by atoms with Crippen LogP contribution in [0.5, 0.6) is 23.0 Å². The van der Waals surface area contributed by atoms with Crippen molar-refractivity contribution in [3.8, 4) is 23.0 Å². The van der Waals surface area contributed by atoms with Crippen molar-refractivity contribution in [2.45, 2.75) is 16.9 Å². The van der Waals surface area contributed by atoms with Crippen LogP contribution in [0.2, 0.25) is 0 Å². The first-order chi connectivity index (χ1) is 17.9. The third-order valence-electron chi connectivity index (χ3n) is 6.58. The summed E-state index contributed by atoms with van der Waals surface area (Å²) in [5.41, 5.74) is 2.24. The van der Waals surface area contributed by atoms with Gasteiger partial charge in [-0.2, -0.15) is 0 Å². The van der Waals surface area contributed by atoms with E-state index < -0.39 is 12.0 Å². The van der Waals surface area contributed by atoms with Crippen molar-refractivity contribution < 1.29 is 28.5 Å². The summed E-state index contributed by atoms with van der Waals surface area (Å²) in [5.74, 6) is 0.641. The SMILES string of the molecule is COc1ccc(OC)c(NC(=O)[C@H]2c3cc(OC)c(OC)cc3C(=O)N(C)[C@@H]2c2ccc(SC)cc2)c1. The number of methoxy groups -OCH3 is 4. The summed E-state index contributed by atoms with van der Waals surface area (Å²) in [7, 11) is 7.83. The first kappa shape index (κ1) is 26.2. The van der Waals surface area contributed by atoms with Gasteiger partial charge in [-0.05, 0) is 53.8 Å². The first-order valence-electron chi connectivity index (χ1n) is 11.6. The second-order valence-electron chi connectivity index (χ2n) is 8.46. The van der Waals surface area contributed by atoms with E-state index in [2.05, 4.69) is 5.32 Å². The lowest BCUT2D eigenvalue weighted by atomic mass is 9.79. The lowest BCUT2D eigenvalue weighted by Crippen LogP contribution is -2.44. The van der Waals surface area contributed by atoms with E-state index in [0.717, 1.165) is 10.5 Å². The molecule has 1 aliphatic heterocycles. The number of likely N-dealkylation sites (N-methyl/N-ethyl adjacent to an activating group) is 1. The van der Waals surface area contributed by atoms with Gasteiger partial charge >= 0.3 is 0 Å². The Morgan fingerprint density at radius 2 is 1.51 bits per heavy atom. The zero-order chi connectivity index (χ0) is 26.7. The maximum absolute atomic E-state index is 14.1. The number of thioether (sulfide) groups is 1. The zero-order valence-electron chi connectivity index (χ0n) is 21.7. The molecule has 3 aromatic carbocycles. The number of hydrogen-bond donors (Lipinski definition) is 1. The number of carbonyl (C=O) groups is 2. The van der Waals surface area contributed by atoms with Crippen LogP contribution in [0.25, 0.3) is 0 Å². The van der Waals surface area contributed by atoms with Crippen LogP contribution in [0, 0.1) is 0 Å².